The van der Waals surface area contributed by atoms with Crippen molar-refractivity contribution in [2.45, 2.75) is 25.3 Å². The van der Waals surface area contributed by atoms with Crippen LogP contribution < -0.4 is 0 Å². The fourth-order valence-electron chi connectivity index (χ4n) is 3.26. The number of piperidine rings is 1. The summed E-state index contributed by atoms with van der Waals surface area (Å²) in [6.07, 6.45) is 7.30. The number of likely N-dealkylation sites (tertiary alicyclic amines) is 1. The van der Waals surface area contributed by atoms with Gasteiger partial charge in [0.25, 0.3) is 5.91 Å². The van der Waals surface area contributed by atoms with Crippen molar-refractivity contribution in [3.8, 4) is 5.75 Å². The fraction of sp³-hybridized carbons (Fsp3) is 0.500. The van der Waals surface area contributed by atoms with E-state index in [-0.39, 0.29) is 23.3 Å². The summed E-state index contributed by atoms with van der Waals surface area (Å²) in [7, 11) is 4.11. The quantitative estimate of drug-likeness (QED) is 0.892. The lowest BCUT2D eigenvalue weighted by Gasteiger charge is -2.32. The zero-order chi connectivity index (χ0) is 17.8. The molecule has 1 atom stereocenters. The molecule has 3 heterocycles. The lowest BCUT2D eigenvalue weighted by Crippen LogP contribution is -2.40. The molecular formula is C18H25N5O2. The molecule has 1 fully saturated rings. The Bertz CT molecular complexity index is 728. The molecule has 25 heavy (non-hydrogen) atoms. The molecule has 0 aliphatic carbocycles. The molecule has 1 aliphatic rings. The summed E-state index contributed by atoms with van der Waals surface area (Å²) in [6.45, 7) is 3.12. The van der Waals surface area contributed by atoms with Gasteiger partial charge in [-0.1, -0.05) is 0 Å². The number of aromatic nitrogens is 3. The van der Waals surface area contributed by atoms with Crippen molar-refractivity contribution < 1.29 is 9.90 Å². The minimum absolute atomic E-state index is 0.0675. The predicted octanol–water partition coefficient (Wildman–Crippen LogP) is 1.57. The molecular weight excluding hydrogens is 318 g/mol. The second-order valence-electron chi connectivity index (χ2n) is 6.74. The second-order valence-corrected chi connectivity index (χ2v) is 6.74. The minimum Gasteiger partial charge on any atom is -0.505 e. The average Bonchev–Trinajstić information content (AvgIpc) is 3.08. The van der Waals surface area contributed by atoms with Crippen molar-refractivity contribution in [3.63, 3.8) is 0 Å². The molecule has 1 aliphatic heterocycles. The topological polar surface area (TPSA) is 74.5 Å². The van der Waals surface area contributed by atoms with Gasteiger partial charge in [-0.2, -0.15) is 0 Å². The van der Waals surface area contributed by atoms with E-state index in [2.05, 4.69) is 33.5 Å². The summed E-state index contributed by atoms with van der Waals surface area (Å²) in [4.78, 5) is 25.2. The van der Waals surface area contributed by atoms with Gasteiger partial charge in [-0.15, -0.1) is 0 Å². The van der Waals surface area contributed by atoms with Crippen LogP contribution in [0.25, 0.3) is 0 Å². The molecule has 0 spiro atoms. The number of pyridine rings is 1. The highest BCUT2D eigenvalue weighted by molar-refractivity contribution is 5.94. The molecule has 7 heteroatoms. The molecule has 1 saturated heterocycles. The number of imidazole rings is 1. The van der Waals surface area contributed by atoms with Gasteiger partial charge in [-0.05, 0) is 39.1 Å². The summed E-state index contributed by atoms with van der Waals surface area (Å²) < 4.78 is 2.18. The number of carbonyl (C=O) groups is 1. The Balaban J connectivity index is 1.73. The third kappa shape index (κ3) is 3.99. The second kappa shape index (κ2) is 7.65. The summed E-state index contributed by atoms with van der Waals surface area (Å²) in [5, 5.41) is 9.90. The Morgan fingerprint density at radius 3 is 2.96 bits per heavy atom. The third-order valence-electron chi connectivity index (χ3n) is 4.60. The molecule has 134 valence electrons. The van der Waals surface area contributed by atoms with Crippen LogP contribution in [0.5, 0.6) is 5.75 Å². The average molecular weight is 343 g/mol. The number of nitrogens with zero attached hydrogens (tertiary/aromatic N) is 5. The Labute approximate surface area is 147 Å². The maximum atomic E-state index is 12.7. The standard InChI is InChI=1S/C18H25N5O2/c1-21(2)11-12-22-10-8-20-17(22)14-5-4-9-23(13-14)18(25)16-15(24)6-3-7-19-16/h3,6-8,10,14,24H,4-5,9,11-13H2,1-2H3/t14-/m0/s1. The molecule has 1 amide bonds. The first-order valence-corrected chi connectivity index (χ1v) is 8.65. The number of amides is 1. The number of rotatable bonds is 5. The molecule has 0 radical (unpaired) electrons. The highest BCUT2D eigenvalue weighted by Gasteiger charge is 2.29. The van der Waals surface area contributed by atoms with Crippen molar-refractivity contribution in [2.75, 3.05) is 33.7 Å². The number of likely N-dealkylation sites (N-methyl/N-ethyl adjacent to an activating group) is 1. The summed E-state index contributed by atoms with van der Waals surface area (Å²) >= 11 is 0. The highest BCUT2D eigenvalue weighted by Crippen LogP contribution is 2.27. The van der Waals surface area contributed by atoms with Gasteiger partial charge in [0, 0.05) is 50.7 Å². The molecule has 1 N–H and O–H groups in total. The first kappa shape index (κ1) is 17.4. The number of hydrogen-bond donors (Lipinski definition) is 1. The molecule has 0 bridgehead atoms. The van der Waals surface area contributed by atoms with Gasteiger partial charge in [0.15, 0.2) is 5.69 Å². The van der Waals surface area contributed by atoms with Crippen molar-refractivity contribution >= 4 is 5.91 Å². The van der Waals surface area contributed by atoms with Crippen molar-refractivity contribution in [2.24, 2.45) is 0 Å². The fourth-order valence-corrected chi connectivity index (χ4v) is 3.26. The maximum Gasteiger partial charge on any atom is 0.276 e. The first-order chi connectivity index (χ1) is 12.1. The largest absolute Gasteiger partial charge is 0.505 e. The van der Waals surface area contributed by atoms with E-state index in [9.17, 15) is 9.90 Å². The smallest absolute Gasteiger partial charge is 0.276 e. The van der Waals surface area contributed by atoms with Crippen LogP contribution in [0, 0.1) is 0 Å². The zero-order valence-electron chi connectivity index (χ0n) is 14.8. The predicted molar refractivity (Wildman–Crippen MR) is 94.6 cm³/mol. The van der Waals surface area contributed by atoms with Crippen LogP contribution in [-0.4, -0.2) is 69.1 Å². The van der Waals surface area contributed by atoms with E-state index in [1.165, 1.54) is 12.3 Å². The van der Waals surface area contributed by atoms with Gasteiger partial charge in [0.2, 0.25) is 0 Å². The van der Waals surface area contributed by atoms with Crippen molar-refractivity contribution in [3.05, 3.63) is 42.2 Å². The lowest BCUT2D eigenvalue weighted by atomic mass is 9.96. The highest BCUT2D eigenvalue weighted by atomic mass is 16.3. The van der Waals surface area contributed by atoms with Crippen LogP contribution in [0.2, 0.25) is 0 Å². The normalized spacial score (nSPS) is 17.9. The van der Waals surface area contributed by atoms with E-state index >= 15 is 0 Å². The Morgan fingerprint density at radius 2 is 2.20 bits per heavy atom. The maximum absolute atomic E-state index is 12.7. The van der Waals surface area contributed by atoms with E-state index in [0.717, 1.165) is 31.8 Å². The van der Waals surface area contributed by atoms with E-state index < -0.39 is 0 Å². The number of hydrogen-bond acceptors (Lipinski definition) is 5. The van der Waals surface area contributed by atoms with Gasteiger partial charge in [0.1, 0.15) is 11.6 Å². The van der Waals surface area contributed by atoms with E-state index in [1.54, 1.807) is 11.0 Å². The molecule has 0 aromatic carbocycles. The molecule has 2 aromatic rings. The zero-order valence-corrected chi connectivity index (χ0v) is 14.8. The van der Waals surface area contributed by atoms with Crippen molar-refractivity contribution in [1.82, 2.24) is 24.3 Å². The third-order valence-corrected chi connectivity index (χ3v) is 4.60. The summed E-state index contributed by atoms with van der Waals surface area (Å²) in [6, 6.07) is 3.11. The van der Waals surface area contributed by atoms with Gasteiger partial charge in [-0.25, -0.2) is 9.97 Å². The summed E-state index contributed by atoms with van der Waals surface area (Å²) in [5.41, 5.74) is 0.124. The van der Waals surface area contributed by atoms with Gasteiger partial charge >= 0.3 is 0 Å². The summed E-state index contributed by atoms with van der Waals surface area (Å²) in [5.74, 6) is 0.960. The van der Waals surface area contributed by atoms with Crippen LogP contribution >= 0.6 is 0 Å². The minimum atomic E-state index is -0.214. The van der Waals surface area contributed by atoms with Crippen LogP contribution in [0.1, 0.15) is 35.1 Å². The monoisotopic (exact) mass is 343 g/mol. The molecule has 0 saturated carbocycles. The Kier molecular flexibility index (Phi) is 5.33. The molecule has 2 aromatic heterocycles. The Hall–Kier alpha value is -2.41. The SMILES string of the molecule is CN(C)CCn1ccnc1[C@H]1CCCN(C(=O)c2ncccc2O)C1. The first-order valence-electron chi connectivity index (χ1n) is 8.65. The molecule has 0 unspecified atom stereocenters. The number of aromatic hydroxyl groups is 1. The number of carbonyl (C=O) groups excluding carboxylic acids is 1. The molecule has 7 nitrogen and oxygen atoms in total. The Morgan fingerprint density at radius 1 is 1.36 bits per heavy atom. The van der Waals surface area contributed by atoms with Gasteiger partial charge < -0.3 is 19.5 Å². The van der Waals surface area contributed by atoms with Crippen LogP contribution in [-0.2, 0) is 6.54 Å². The van der Waals surface area contributed by atoms with Gasteiger partial charge in [-0.3, -0.25) is 4.79 Å². The van der Waals surface area contributed by atoms with Gasteiger partial charge in [0.05, 0.1) is 0 Å². The van der Waals surface area contributed by atoms with Crippen LogP contribution in [0.3, 0.4) is 0 Å². The van der Waals surface area contributed by atoms with E-state index in [0.29, 0.717) is 13.1 Å². The van der Waals surface area contributed by atoms with E-state index in [4.69, 9.17) is 0 Å². The van der Waals surface area contributed by atoms with Crippen LogP contribution in [0.4, 0.5) is 0 Å². The molecule has 3 rings (SSSR count). The lowest BCUT2D eigenvalue weighted by molar-refractivity contribution is 0.0694. The van der Waals surface area contributed by atoms with Crippen LogP contribution in [0.15, 0.2) is 30.7 Å². The van der Waals surface area contributed by atoms with Crippen molar-refractivity contribution in [1.29, 1.82) is 0 Å². The van der Waals surface area contributed by atoms with E-state index in [1.807, 2.05) is 12.4 Å².